The van der Waals surface area contributed by atoms with Crippen molar-refractivity contribution in [1.29, 1.82) is 0 Å². The van der Waals surface area contributed by atoms with Crippen LogP contribution in [0.3, 0.4) is 0 Å². The van der Waals surface area contributed by atoms with Crippen LogP contribution in [0.5, 0.6) is 0 Å². The van der Waals surface area contributed by atoms with E-state index in [1.807, 2.05) is 146 Å². The van der Waals surface area contributed by atoms with E-state index in [1.165, 1.54) is 35.7 Å². The van der Waals surface area contributed by atoms with E-state index in [1.54, 1.807) is 72.8 Å². The average Bonchev–Trinajstić information content (AvgIpc) is 3.45. The number of halogens is 2. The predicted octanol–water partition coefficient (Wildman–Crippen LogP) is 8.01. The topological polar surface area (TPSA) is 181 Å². The minimum absolute atomic E-state index is 0. The average molecular weight is 1150 g/mol. The molecule has 16 heteroatoms. The van der Waals surface area contributed by atoms with Gasteiger partial charge in [0.2, 0.25) is 0 Å². The Labute approximate surface area is 523 Å². The molecule has 0 amide bonds. The molecule has 0 saturated heterocycles. The van der Waals surface area contributed by atoms with Gasteiger partial charge in [-0.25, -0.2) is 19.6 Å². The molecule has 0 radical (unpaired) electrons. The molecule has 0 bridgehead atoms. The van der Waals surface area contributed by atoms with Crippen molar-refractivity contribution in [2.24, 2.45) is 0 Å². The standard InChI is InChI=1S/2C32H22ClNO4S.2Na/c2*33-25-14-12-21-13-16-26(34-28(21)19-25)15-11-20-5-3-6-22(17-20)30(23-7-4-8-24(18-23)31(35)36)39-29-10-2-1-9-27(29)32(37)38;;/h2*1-19,30H,(H,35,36)(H,37,38);;/q;;2*+1/p-2. The zero-order chi connectivity index (χ0) is 54.7. The summed E-state index contributed by atoms with van der Waals surface area (Å²) >= 11 is 15.0. The minimum atomic E-state index is -1.27. The summed E-state index contributed by atoms with van der Waals surface area (Å²) in [5.41, 5.74) is 8.67. The monoisotopic (exact) mass is 1150 g/mol. The first-order valence-electron chi connectivity index (χ1n) is 24.0. The van der Waals surface area contributed by atoms with Crippen LogP contribution < -0.4 is 69.3 Å². The van der Waals surface area contributed by atoms with Crippen molar-refractivity contribution in [2.75, 3.05) is 0 Å². The van der Waals surface area contributed by atoms with Crippen LogP contribution in [0.1, 0.15) is 96.7 Å². The number of carbonyl (C=O) groups excluding carboxylic acids is 2. The molecule has 2 heterocycles. The Morgan fingerprint density at radius 3 is 1.18 bits per heavy atom. The fourth-order valence-corrected chi connectivity index (χ4v) is 11.3. The normalized spacial score (nSPS) is 11.7. The van der Waals surface area contributed by atoms with Gasteiger partial charge in [0.1, 0.15) is 0 Å². The summed E-state index contributed by atoms with van der Waals surface area (Å²) in [6.07, 6.45) is 7.73. The van der Waals surface area contributed by atoms with Crippen LogP contribution in [0.2, 0.25) is 10.0 Å². The van der Waals surface area contributed by atoms with Gasteiger partial charge in [0, 0.05) is 30.6 Å². The van der Waals surface area contributed by atoms with E-state index >= 15 is 0 Å². The van der Waals surface area contributed by atoms with E-state index in [2.05, 4.69) is 9.97 Å². The van der Waals surface area contributed by atoms with E-state index in [0.717, 1.165) is 66.6 Å². The van der Waals surface area contributed by atoms with Crippen molar-refractivity contribution in [3.8, 4) is 0 Å². The molecule has 0 aliphatic heterocycles. The first-order chi connectivity index (χ1) is 37.7. The van der Waals surface area contributed by atoms with Gasteiger partial charge in [-0.2, -0.15) is 0 Å². The minimum Gasteiger partial charge on any atom is -0.545 e. The van der Waals surface area contributed by atoms with Crippen molar-refractivity contribution in [3.05, 3.63) is 283 Å². The van der Waals surface area contributed by atoms with Crippen LogP contribution in [0.4, 0.5) is 0 Å². The molecule has 2 aromatic heterocycles. The van der Waals surface area contributed by atoms with Crippen molar-refractivity contribution < 1.29 is 98.7 Å². The summed E-state index contributed by atoms with van der Waals surface area (Å²) in [7, 11) is 0. The number of pyridine rings is 2. The number of hydrogen-bond donors (Lipinski definition) is 2. The maximum Gasteiger partial charge on any atom is 1.00 e. The second-order valence-electron chi connectivity index (χ2n) is 17.6. The molecule has 384 valence electrons. The Bertz CT molecular complexity index is 3740. The fourth-order valence-electron chi connectivity index (χ4n) is 8.47. The third-order valence-corrected chi connectivity index (χ3v) is 15.5. The SMILES string of the molecule is O=C([O-])c1cccc(C(Sc2ccccc2C(=O)O)c2cccc(C=Cc3ccc4ccc(Cl)cc4n3)c2)c1.O=C([O-])c1cccc(C(Sc2ccccc2C(=O)O)c2cccc(C=Cc3ccc4ccc(Cl)cc4n3)c2)c1.[Na+].[Na+]. The van der Waals surface area contributed by atoms with Gasteiger partial charge in [0.05, 0.1) is 56.0 Å². The number of benzene rings is 8. The molecule has 80 heavy (non-hydrogen) atoms. The number of hydrogen-bond acceptors (Lipinski definition) is 10. The van der Waals surface area contributed by atoms with Crippen LogP contribution in [0.25, 0.3) is 46.1 Å². The van der Waals surface area contributed by atoms with Crippen LogP contribution in [0.15, 0.2) is 216 Å². The van der Waals surface area contributed by atoms with E-state index in [-0.39, 0.29) is 91.9 Å². The van der Waals surface area contributed by atoms with Gasteiger partial charge in [0.25, 0.3) is 0 Å². The molecule has 2 N–H and O–H groups in total. The number of aromatic carboxylic acids is 4. The number of fused-ring (bicyclic) bond motifs is 2. The Morgan fingerprint density at radius 2 is 0.787 bits per heavy atom. The van der Waals surface area contributed by atoms with E-state index in [9.17, 15) is 39.6 Å². The number of rotatable bonds is 16. The van der Waals surface area contributed by atoms with Crippen LogP contribution in [-0.4, -0.2) is 44.1 Å². The summed E-state index contributed by atoms with van der Waals surface area (Å²) in [5, 5.41) is 45.1. The molecule has 0 fully saturated rings. The maximum absolute atomic E-state index is 11.9. The molecular weight excluding hydrogens is 1110 g/mol. The fraction of sp³-hybridized carbons (Fsp3) is 0.0312. The van der Waals surface area contributed by atoms with Crippen LogP contribution >= 0.6 is 46.7 Å². The number of nitrogens with zero attached hydrogens (tertiary/aromatic N) is 2. The Kier molecular flexibility index (Phi) is 21.7. The zero-order valence-corrected chi connectivity index (χ0v) is 50.0. The molecule has 2 atom stereocenters. The first kappa shape index (κ1) is 60.9. The van der Waals surface area contributed by atoms with Crippen molar-refractivity contribution in [2.45, 2.75) is 20.3 Å². The van der Waals surface area contributed by atoms with Gasteiger partial charge in [0.15, 0.2) is 0 Å². The van der Waals surface area contributed by atoms with Crippen LogP contribution in [-0.2, 0) is 0 Å². The number of aromatic nitrogens is 2. The largest absolute Gasteiger partial charge is 1.00 e. The molecule has 8 aromatic carbocycles. The van der Waals surface area contributed by atoms with Gasteiger partial charge in [-0.1, -0.05) is 169 Å². The van der Waals surface area contributed by atoms with E-state index in [4.69, 9.17) is 23.2 Å². The second kappa shape index (κ2) is 28.6. The van der Waals surface area contributed by atoms with Crippen LogP contribution in [0, 0.1) is 0 Å². The quantitative estimate of drug-likeness (QED) is 0.0704. The zero-order valence-electron chi connectivity index (χ0n) is 42.9. The van der Waals surface area contributed by atoms with Crippen molar-refractivity contribution in [1.82, 2.24) is 9.97 Å². The molecule has 0 aliphatic rings. The van der Waals surface area contributed by atoms with Crippen molar-refractivity contribution in [3.63, 3.8) is 0 Å². The molecule has 0 aliphatic carbocycles. The molecule has 2 unspecified atom stereocenters. The van der Waals surface area contributed by atoms with Gasteiger partial charge >= 0.3 is 71.1 Å². The Hall–Kier alpha value is -6.78. The Balaban J connectivity index is 0.000000225. The van der Waals surface area contributed by atoms with Gasteiger partial charge < -0.3 is 30.0 Å². The number of carbonyl (C=O) groups is 4. The molecule has 10 rings (SSSR count). The molecule has 0 spiro atoms. The third-order valence-electron chi connectivity index (χ3n) is 12.2. The van der Waals surface area contributed by atoms with Crippen molar-refractivity contribution >= 4 is 117 Å². The van der Waals surface area contributed by atoms with E-state index in [0.29, 0.717) is 19.8 Å². The number of thioether (sulfide) groups is 2. The van der Waals surface area contributed by atoms with E-state index < -0.39 is 23.9 Å². The second-order valence-corrected chi connectivity index (χ2v) is 20.7. The summed E-state index contributed by atoms with van der Waals surface area (Å²) in [6.45, 7) is 0. The number of carboxylic acid groups (broad SMARTS) is 4. The van der Waals surface area contributed by atoms with Gasteiger partial charge in [-0.3, -0.25) is 0 Å². The Morgan fingerprint density at radius 1 is 0.425 bits per heavy atom. The third kappa shape index (κ3) is 15.8. The molecule has 10 aromatic rings. The molecule has 0 saturated carbocycles. The molecule has 10 nitrogen and oxygen atoms in total. The summed E-state index contributed by atoms with van der Waals surface area (Å²) in [5.74, 6) is -4.60. The first-order valence-corrected chi connectivity index (χ1v) is 26.6. The van der Waals surface area contributed by atoms with Gasteiger partial charge in [-0.15, -0.1) is 23.5 Å². The number of carboxylic acids is 4. The summed E-state index contributed by atoms with van der Waals surface area (Å²) < 4.78 is 0. The summed E-state index contributed by atoms with van der Waals surface area (Å²) in [6, 6.07) is 61.3. The van der Waals surface area contributed by atoms with Gasteiger partial charge in [-0.05, 0) is 129 Å². The molecular formula is C64H42Cl2N2Na2O8S2. The smallest absolute Gasteiger partial charge is 0.545 e. The predicted molar refractivity (Wildman–Crippen MR) is 308 cm³/mol. The maximum atomic E-state index is 11.9. The summed E-state index contributed by atoms with van der Waals surface area (Å²) in [4.78, 5) is 57.4.